The molecule has 1 aromatic rings. The first-order valence-corrected chi connectivity index (χ1v) is 14.6. The SMILES string of the molecule is COC(=O)C[C@@](O)(CCCC(C)(C)OC(C)=O)C(=O)O[C@@H]1C(OC)=C[C@]23CCCN2CCc2cc4c(cc2[C@H]13)OCO4. The van der Waals surface area contributed by atoms with Crippen LogP contribution in [-0.4, -0.2) is 84.9 Å². The number of hydrogen-bond donors (Lipinski definition) is 1. The van der Waals surface area contributed by atoms with Gasteiger partial charge in [-0.25, -0.2) is 4.79 Å². The Morgan fingerprint density at radius 2 is 1.86 bits per heavy atom. The van der Waals surface area contributed by atoms with Crippen LogP contribution in [0.1, 0.15) is 76.3 Å². The number of aliphatic hydroxyl groups is 1. The molecule has 3 heterocycles. The van der Waals surface area contributed by atoms with E-state index < -0.39 is 47.2 Å². The van der Waals surface area contributed by atoms with Crippen molar-refractivity contribution >= 4 is 17.9 Å². The van der Waals surface area contributed by atoms with Gasteiger partial charge in [-0.2, -0.15) is 0 Å². The first-order valence-electron chi connectivity index (χ1n) is 14.6. The summed E-state index contributed by atoms with van der Waals surface area (Å²) in [5, 5.41) is 11.6. The number of esters is 3. The van der Waals surface area contributed by atoms with Crippen molar-refractivity contribution in [2.45, 2.75) is 94.5 Å². The summed E-state index contributed by atoms with van der Waals surface area (Å²) < 4.78 is 33.6. The van der Waals surface area contributed by atoms with E-state index in [1.54, 1.807) is 21.0 Å². The lowest BCUT2D eigenvalue weighted by molar-refractivity contribution is -0.179. The van der Waals surface area contributed by atoms with Crippen molar-refractivity contribution < 1.29 is 47.9 Å². The number of ether oxygens (including phenoxy) is 6. The first-order chi connectivity index (χ1) is 19.9. The predicted octanol–water partition coefficient (Wildman–Crippen LogP) is 3.15. The lowest BCUT2D eigenvalue weighted by Gasteiger charge is -2.39. The first kappa shape index (κ1) is 30.2. The lowest BCUT2D eigenvalue weighted by atomic mass is 9.77. The molecule has 11 heteroatoms. The predicted molar refractivity (Wildman–Crippen MR) is 149 cm³/mol. The van der Waals surface area contributed by atoms with E-state index in [1.165, 1.54) is 14.0 Å². The van der Waals surface area contributed by atoms with Gasteiger partial charge in [0.1, 0.15) is 11.4 Å². The quantitative estimate of drug-likeness (QED) is 0.320. The average molecular weight is 588 g/mol. The highest BCUT2D eigenvalue weighted by Crippen LogP contribution is 2.55. The maximum atomic E-state index is 13.9. The molecule has 1 fully saturated rings. The molecular formula is C31H41NO10. The fourth-order valence-corrected chi connectivity index (χ4v) is 7.14. The highest BCUT2D eigenvalue weighted by Gasteiger charge is 2.59. The Balaban J connectivity index is 1.46. The number of hydrogen-bond acceptors (Lipinski definition) is 11. The summed E-state index contributed by atoms with van der Waals surface area (Å²) >= 11 is 0. The summed E-state index contributed by atoms with van der Waals surface area (Å²) in [5.41, 5.74) is -1.34. The number of methoxy groups -OCH3 is 2. The molecule has 0 amide bonds. The molecule has 11 nitrogen and oxygen atoms in total. The van der Waals surface area contributed by atoms with Crippen LogP contribution in [0, 0.1) is 0 Å². The van der Waals surface area contributed by atoms with Crippen molar-refractivity contribution in [2.75, 3.05) is 34.1 Å². The molecule has 0 radical (unpaired) electrons. The molecule has 0 bridgehead atoms. The lowest BCUT2D eigenvalue weighted by Crippen LogP contribution is -2.49. The molecule has 5 rings (SSSR count). The largest absolute Gasteiger partial charge is 0.497 e. The molecule has 4 atom stereocenters. The van der Waals surface area contributed by atoms with Gasteiger partial charge in [-0.1, -0.05) is 0 Å². The van der Waals surface area contributed by atoms with E-state index in [4.69, 9.17) is 28.4 Å². The highest BCUT2D eigenvalue weighted by molar-refractivity contribution is 5.86. The van der Waals surface area contributed by atoms with Crippen molar-refractivity contribution in [3.63, 3.8) is 0 Å². The van der Waals surface area contributed by atoms with Gasteiger partial charge >= 0.3 is 17.9 Å². The van der Waals surface area contributed by atoms with E-state index in [2.05, 4.69) is 11.0 Å². The molecular weight excluding hydrogens is 546 g/mol. The van der Waals surface area contributed by atoms with Crippen LogP contribution in [0.15, 0.2) is 24.0 Å². The molecule has 0 unspecified atom stereocenters. The molecule has 1 spiro atoms. The minimum absolute atomic E-state index is 0.0956. The molecule has 1 saturated heterocycles. The zero-order chi connectivity index (χ0) is 30.3. The van der Waals surface area contributed by atoms with E-state index in [-0.39, 0.29) is 25.6 Å². The van der Waals surface area contributed by atoms with Crippen LogP contribution in [-0.2, 0) is 39.8 Å². The summed E-state index contributed by atoms with van der Waals surface area (Å²) in [6, 6.07) is 3.99. The van der Waals surface area contributed by atoms with Crippen LogP contribution in [0.3, 0.4) is 0 Å². The number of nitrogens with zero attached hydrogens (tertiary/aromatic N) is 1. The smallest absolute Gasteiger partial charge is 0.339 e. The van der Waals surface area contributed by atoms with Gasteiger partial charge in [0.15, 0.2) is 23.2 Å². The second kappa shape index (κ2) is 11.4. The molecule has 1 aromatic carbocycles. The second-order valence-corrected chi connectivity index (χ2v) is 12.3. The number of benzene rings is 1. The molecule has 4 aliphatic rings. The van der Waals surface area contributed by atoms with Gasteiger partial charge in [0, 0.05) is 13.5 Å². The minimum atomic E-state index is -2.16. The van der Waals surface area contributed by atoms with Gasteiger partial charge in [0.2, 0.25) is 6.79 Å². The summed E-state index contributed by atoms with van der Waals surface area (Å²) in [6.45, 7) is 6.70. The topological polar surface area (TPSA) is 130 Å². The Hall–Kier alpha value is -3.31. The maximum Gasteiger partial charge on any atom is 0.339 e. The van der Waals surface area contributed by atoms with Crippen molar-refractivity contribution in [3.05, 3.63) is 35.1 Å². The molecule has 0 saturated carbocycles. The van der Waals surface area contributed by atoms with E-state index in [9.17, 15) is 19.5 Å². The molecule has 1 aliphatic carbocycles. The van der Waals surface area contributed by atoms with Gasteiger partial charge in [-0.05, 0) is 88.3 Å². The van der Waals surface area contributed by atoms with Crippen molar-refractivity contribution in [3.8, 4) is 11.5 Å². The zero-order valence-corrected chi connectivity index (χ0v) is 25.0. The van der Waals surface area contributed by atoms with Gasteiger partial charge in [0.25, 0.3) is 0 Å². The summed E-state index contributed by atoms with van der Waals surface area (Å²) in [5.74, 6) is -0.582. The standard InChI is InChI=1S/C31H41NO10/c1-19(33)42-29(2,3)9-6-11-31(36,17-25(34)38-5)28(35)41-27-24(37-4)16-30-10-7-12-32(30)13-8-20-14-22-23(40-18-39-22)15-21(20)26(27)30/h14-16,26-27,36H,6-13,17-18H2,1-5H3/t26-,27-,30+,31+/m1/s1. The highest BCUT2D eigenvalue weighted by atomic mass is 16.7. The third-order valence-corrected chi connectivity index (χ3v) is 9.03. The van der Waals surface area contributed by atoms with Crippen molar-refractivity contribution in [1.29, 1.82) is 0 Å². The van der Waals surface area contributed by atoms with Gasteiger partial charge in [-0.15, -0.1) is 0 Å². The van der Waals surface area contributed by atoms with Crippen molar-refractivity contribution in [2.24, 2.45) is 0 Å². The minimum Gasteiger partial charge on any atom is -0.497 e. The van der Waals surface area contributed by atoms with E-state index in [1.807, 2.05) is 12.1 Å². The fourth-order valence-electron chi connectivity index (χ4n) is 7.14. The third-order valence-electron chi connectivity index (χ3n) is 9.03. The Bertz CT molecular complexity index is 1270. The van der Waals surface area contributed by atoms with Gasteiger partial charge in [-0.3, -0.25) is 14.5 Å². The van der Waals surface area contributed by atoms with Crippen LogP contribution in [0.5, 0.6) is 11.5 Å². The second-order valence-electron chi connectivity index (χ2n) is 12.3. The Kier molecular flexibility index (Phi) is 8.19. The van der Waals surface area contributed by atoms with Crippen LogP contribution in [0.4, 0.5) is 0 Å². The summed E-state index contributed by atoms with van der Waals surface area (Å²) in [7, 11) is 2.75. The van der Waals surface area contributed by atoms with Crippen molar-refractivity contribution in [1.82, 2.24) is 4.90 Å². The number of carbonyl (C=O) groups excluding carboxylic acids is 3. The van der Waals surface area contributed by atoms with E-state index in [0.717, 1.165) is 43.5 Å². The Morgan fingerprint density at radius 1 is 1.12 bits per heavy atom. The van der Waals surface area contributed by atoms with Crippen LogP contribution in [0.25, 0.3) is 0 Å². The van der Waals surface area contributed by atoms with E-state index >= 15 is 0 Å². The molecule has 0 aromatic heterocycles. The van der Waals surface area contributed by atoms with E-state index in [0.29, 0.717) is 23.7 Å². The number of carbonyl (C=O) groups is 3. The monoisotopic (exact) mass is 587 g/mol. The summed E-state index contributed by atoms with van der Waals surface area (Å²) in [6.07, 6.45) is 3.83. The zero-order valence-electron chi connectivity index (χ0n) is 25.0. The number of fused-ring (bicyclic) bond motifs is 3. The normalized spacial score (nSPS) is 25.7. The Morgan fingerprint density at radius 3 is 2.55 bits per heavy atom. The molecule has 1 N–H and O–H groups in total. The van der Waals surface area contributed by atoms with Crippen LogP contribution >= 0.6 is 0 Å². The number of rotatable bonds is 10. The van der Waals surface area contributed by atoms with Crippen LogP contribution in [0.2, 0.25) is 0 Å². The van der Waals surface area contributed by atoms with Crippen LogP contribution < -0.4 is 9.47 Å². The third kappa shape index (κ3) is 5.56. The van der Waals surface area contributed by atoms with Gasteiger partial charge < -0.3 is 33.5 Å². The van der Waals surface area contributed by atoms with Gasteiger partial charge in [0.05, 0.1) is 32.1 Å². The molecule has 3 aliphatic heterocycles. The molecule has 42 heavy (non-hydrogen) atoms. The molecule has 230 valence electrons. The average Bonchev–Trinajstić information content (AvgIpc) is 3.61. The summed E-state index contributed by atoms with van der Waals surface area (Å²) in [4.78, 5) is 40.2. The maximum absolute atomic E-state index is 13.9. The fraction of sp³-hybridized carbons (Fsp3) is 0.645. The Labute approximate surface area is 246 Å².